The molecule has 2 amide bonds. The Morgan fingerprint density at radius 1 is 1.46 bits per heavy atom. The van der Waals surface area contributed by atoms with Crippen LogP contribution in [-0.2, 0) is 11.3 Å². The molecule has 1 aliphatic rings. The minimum absolute atomic E-state index is 0.0435. The van der Waals surface area contributed by atoms with Gasteiger partial charge in [0.15, 0.2) is 0 Å². The molecule has 2 heterocycles. The smallest absolute Gasteiger partial charge is 0.317 e. The fourth-order valence-corrected chi connectivity index (χ4v) is 2.77. The summed E-state index contributed by atoms with van der Waals surface area (Å²) in [6.45, 7) is 4.28. The minimum Gasteiger partial charge on any atom is -0.377 e. The van der Waals surface area contributed by atoms with Gasteiger partial charge in [-0.3, -0.25) is 5.10 Å². The Hall–Kier alpha value is -2.41. The number of carbonyl (C=O) groups is 1. The molecule has 6 nitrogen and oxygen atoms in total. The maximum Gasteiger partial charge on any atom is 0.317 e. The van der Waals surface area contributed by atoms with E-state index in [2.05, 4.69) is 15.5 Å². The Balaban J connectivity index is 1.64. The Kier molecular flexibility index (Phi) is 5.10. The molecular formula is C17H21FN4O2. The van der Waals surface area contributed by atoms with Gasteiger partial charge in [-0.1, -0.05) is 0 Å². The summed E-state index contributed by atoms with van der Waals surface area (Å²) in [5.74, 6) is -0.286. The van der Waals surface area contributed by atoms with E-state index in [9.17, 15) is 9.18 Å². The van der Waals surface area contributed by atoms with Crippen LogP contribution < -0.4 is 5.32 Å². The Bertz CT molecular complexity index is 686. The third-order valence-corrected chi connectivity index (χ3v) is 4.02. The summed E-state index contributed by atoms with van der Waals surface area (Å²) < 4.78 is 18.6. The first-order valence-electron chi connectivity index (χ1n) is 8.06. The summed E-state index contributed by atoms with van der Waals surface area (Å²) in [7, 11) is 0. The van der Waals surface area contributed by atoms with E-state index in [1.165, 1.54) is 12.1 Å². The number of carbonyl (C=O) groups excluding carboxylic acids is 1. The third-order valence-electron chi connectivity index (χ3n) is 4.02. The van der Waals surface area contributed by atoms with E-state index in [0.717, 1.165) is 23.2 Å². The highest BCUT2D eigenvalue weighted by molar-refractivity contribution is 5.74. The van der Waals surface area contributed by atoms with Crippen LogP contribution in [0.5, 0.6) is 0 Å². The number of benzene rings is 1. The van der Waals surface area contributed by atoms with E-state index in [1.807, 2.05) is 6.92 Å². The molecule has 2 N–H and O–H groups in total. The summed E-state index contributed by atoms with van der Waals surface area (Å²) in [5, 5.41) is 9.86. The van der Waals surface area contributed by atoms with Crippen LogP contribution in [0.2, 0.25) is 0 Å². The Morgan fingerprint density at radius 3 is 3.04 bits per heavy atom. The number of ether oxygens (including phenoxy) is 1. The normalized spacial score (nSPS) is 18.2. The largest absolute Gasteiger partial charge is 0.377 e. The fraction of sp³-hybridized carbons (Fsp3) is 0.412. The van der Waals surface area contributed by atoms with Crippen LogP contribution in [0.1, 0.15) is 18.9 Å². The summed E-state index contributed by atoms with van der Waals surface area (Å²) in [6, 6.07) is 6.05. The zero-order valence-electron chi connectivity index (χ0n) is 13.6. The lowest BCUT2D eigenvalue weighted by Gasteiger charge is -2.22. The maximum atomic E-state index is 13.1. The number of hydrogen-bond donors (Lipinski definition) is 2. The SMILES string of the molecule is C[C@H]1CN(C(=O)NCc2cn[nH]c2-c2ccc(F)cc2)CCCO1. The molecule has 1 saturated heterocycles. The molecular weight excluding hydrogens is 311 g/mol. The second-order valence-electron chi connectivity index (χ2n) is 5.92. The minimum atomic E-state index is -0.286. The van der Waals surface area contributed by atoms with Gasteiger partial charge in [-0.15, -0.1) is 0 Å². The number of hydrogen-bond acceptors (Lipinski definition) is 3. The van der Waals surface area contributed by atoms with E-state index in [0.29, 0.717) is 26.2 Å². The number of halogens is 1. The van der Waals surface area contributed by atoms with E-state index < -0.39 is 0 Å². The molecule has 2 aromatic rings. The molecule has 0 saturated carbocycles. The van der Waals surface area contributed by atoms with Crippen molar-refractivity contribution in [1.29, 1.82) is 0 Å². The quantitative estimate of drug-likeness (QED) is 0.907. The van der Waals surface area contributed by atoms with Crippen LogP contribution in [0, 0.1) is 5.82 Å². The van der Waals surface area contributed by atoms with Crippen molar-refractivity contribution >= 4 is 6.03 Å². The second kappa shape index (κ2) is 7.44. The summed E-state index contributed by atoms with van der Waals surface area (Å²) in [6.07, 6.45) is 2.55. The van der Waals surface area contributed by atoms with Gasteiger partial charge in [0, 0.05) is 37.4 Å². The molecule has 7 heteroatoms. The van der Waals surface area contributed by atoms with Gasteiger partial charge in [0.1, 0.15) is 5.82 Å². The number of aromatic nitrogens is 2. The van der Waals surface area contributed by atoms with Crippen LogP contribution in [0.25, 0.3) is 11.3 Å². The van der Waals surface area contributed by atoms with Gasteiger partial charge < -0.3 is 15.0 Å². The van der Waals surface area contributed by atoms with Crippen LogP contribution in [0.4, 0.5) is 9.18 Å². The molecule has 24 heavy (non-hydrogen) atoms. The van der Waals surface area contributed by atoms with Gasteiger partial charge in [-0.05, 0) is 37.6 Å². The highest BCUT2D eigenvalue weighted by Crippen LogP contribution is 2.21. The number of nitrogens with zero attached hydrogens (tertiary/aromatic N) is 2. The highest BCUT2D eigenvalue weighted by atomic mass is 19.1. The van der Waals surface area contributed by atoms with Crippen molar-refractivity contribution in [3.63, 3.8) is 0 Å². The average Bonchev–Trinajstić information content (AvgIpc) is 2.93. The molecule has 1 aliphatic heterocycles. The Labute approximate surface area is 140 Å². The van der Waals surface area contributed by atoms with E-state index in [-0.39, 0.29) is 18.0 Å². The lowest BCUT2D eigenvalue weighted by atomic mass is 10.1. The van der Waals surface area contributed by atoms with E-state index >= 15 is 0 Å². The van der Waals surface area contributed by atoms with Crippen LogP contribution in [0.15, 0.2) is 30.5 Å². The number of nitrogens with one attached hydrogen (secondary N) is 2. The maximum absolute atomic E-state index is 13.1. The number of urea groups is 1. The fourth-order valence-electron chi connectivity index (χ4n) is 2.77. The number of aromatic amines is 1. The molecule has 0 spiro atoms. The van der Waals surface area contributed by atoms with E-state index in [4.69, 9.17) is 4.74 Å². The number of H-pyrrole nitrogens is 1. The molecule has 1 aromatic carbocycles. The van der Waals surface area contributed by atoms with Crippen molar-refractivity contribution in [2.24, 2.45) is 0 Å². The van der Waals surface area contributed by atoms with Gasteiger partial charge in [-0.25, -0.2) is 9.18 Å². The van der Waals surface area contributed by atoms with Crippen molar-refractivity contribution in [3.8, 4) is 11.3 Å². The molecule has 0 radical (unpaired) electrons. The molecule has 1 aromatic heterocycles. The second-order valence-corrected chi connectivity index (χ2v) is 5.92. The predicted molar refractivity (Wildman–Crippen MR) is 87.8 cm³/mol. The van der Waals surface area contributed by atoms with Crippen LogP contribution in [-0.4, -0.2) is 46.9 Å². The first kappa shape index (κ1) is 16.4. The third kappa shape index (κ3) is 3.91. The topological polar surface area (TPSA) is 70.2 Å². The number of rotatable bonds is 3. The molecule has 0 aliphatic carbocycles. The molecule has 3 rings (SSSR count). The van der Waals surface area contributed by atoms with Gasteiger partial charge in [0.05, 0.1) is 18.0 Å². The standard InChI is InChI=1S/C17H21FN4O2/c1-12-11-22(7-2-8-24-12)17(23)19-9-14-10-20-21-16(14)13-3-5-15(18)6-4-13/h3-6,10,12H,2,7-9,11H2,1H3,(H,19,23)(H,20,21)/t12-/m0/s1. The molecule has 1 atom stereocenters. The molecule has 0 unspecified atom stereocenters. The zero-order valence-corrected chi connectivity index (χ0v) is 13.6. The summed E-state index contributed by atoms with van der Waals surface area (Å²) >= 11 is 0. The monoisotopic (exact) mass is 332 g/mol. The lowest BCUT2D eigenvalue weighted by Crippen LogP contribution is -2.42. The van der Waals surface area contributed by atoms with Crippen LogP contribution >= 0.6 is 0 Å². The predicted octanol–water partition coefficient (Wildman–Crippen LogP) is 2.54. The first-order chi connectivity index (χ1) is 11.6. The zero-order chi connectivity index (χ0) is 16.9. The van der Waals surface area contributed by atoms with Gasteiger partial charge in [-0.2, -0.15) is 5.10 Å². The van der Waals surface area contributed by atoms with Crippen molar-refractivity contribution in [1.82, 2.24) is 20.4 Å². The number of amides is 2. The van der Waals surface area contributed by atoms with E-state index in [1.54, 1.807) is 23.2 Å². The summed E-state index contributed by atoms with van der Waals surface area (Å²) in [5.41, 5.74) is 2.46. The average molecular weight is 332 g/mol. The van der Waals surface area contributed by atoms with Gasteiger partial charge >= 0.3 is 6.03 Å². The lowest BCUT2D eigenvalue weighted by molar-refractivity contribution is 0.0710. The van der Waals surface area contributed by atoms with Crippen molar-refractivity contribution < 1.29 is 13.9 Å². The summed E-state index contributed by atoms with van der Waals surface area (Å²) in [4.78, 5) is 14.1. The van der Waals surface area contributed by atoms with Crippen molar-refractivity contribution in [2.75, 3.05) is 19.7 Å². The first-order valence-corrected chi connectivity index (χ1v) is 8.06. The van der Waals surface area contributed by atoms with Crippen LogP contribution in [0.3, 0.4) is 0 Å². The Morgan fingerprint density at radius 2 is 2.25 bits per heavy atom. The molecule has 128 valence electrons. The van der Waals surface area contributed by atoms with Gasteiger partial charge in [0.25, 0.3) is 0 Å². The van der Waals surface area contributed by atoms with Gasteiger partial charge in [0.2, 0.25) is 0 Å². The molecule has 1 fully saturated rings. The highest BCUT2D eigenvalue weighted by Gasteiger charge is 2.20. The van der Waals surface area contributed by atoms with Crippen molar-refractivity contribution in [2.45, 2.75) is 26.0 Å². The molecule has 0 bridgehead atoms. The van der Waals surface area contributed by atoms with Crippen molar-refractivity contribution in [3.05, 3.63) is 41.8 Å².